The number of nitrogens with zero attached hydrogens (tertiary/aromatic N) is 2. The molecule has 2 aromatic rings. The van der Waals surface area contributed by atoms with Gasteiger partial charge in [0.05, 0.1) is 0 Å². The average Bonchev–Trinajstić information content (AvgIpc) is 2.73. The van der Waals surface area contributed by atoms with E-state index < -0.39 is 0 Å². The van der Waals surface area contributed by atoms with Crippen molar-refractivity contribution in [2.75, 3.05) is 0 Å². The fourth-order valence-corrected chi connectivity index (χ4v) is 3.24. The number of hydrogen-bond acceptors (Lipinski definition) is 1. The second-order valence-corrected chi connectivity index (χ2v) is 6.65. The van der Waals surface area contributed by atoms with Crippen molar-refractivity contribution < 1.29 is 0 Å². The molecule has 19 heavy (non-hydrogen) atoms. The van der Waals surface area contributed by atoms with Crippen molar-refractivity contribution in [3.8, 4) is 0 Å². The molecule has 0 aliphatic heterocycles. The molecule has 1 aliphatic rings. The maximum Gasteiger partial charge on any atom is 0.140 e. The quantitative estimate of drug-likeness (QED) is 0.783. The Morgan fingerprint density at radius 1 is 1.21 bits per heavy atom. The summed E-state index contributed by atoms with van der Waals surface area (Å²) in [6, 6.07) is 4.32. The summed E-state index contributed by atoms with van der Waals surface area (Å²) in [6.45, 7) is 9.31. The van der Waals surface area contributed by atoms with E-state index >= 15 is 0 Å². The van der Waals surface area contributed by atoms with Crippen LogP contribution in [-0.2, 0) is 18.4 Å². The van der Waals surface area contributed by atoms with Crippen molar-refractivity contribution in [2.45, 2.75) is 58.9 Å². The van der Waals surface area contributed by atoms with Gasteiger partial charge in [-0.05, 0) is 63.1 Å². The number of rotatable bonds is 2. The Bertz CT molecular complexity index is 605. The molecule has 0 saturated heterocycles. The number of pyridine rings is 1. The van der Waals surface area contributed by atoms with Crippen molar-refractivity contribution in [3.05, 3.63) is 29.6 Å². The zero-order valence-electron chi connectivity index (χ0n) is 12.5. The van der Waals surface area contributed by atoms with Crippen LogP contribution in [0.5, 0.6) is 0 Å². The highest BCUT2D eigenvalue weighted by molar-refractivity contribution is 5.82. The van der Waals surface area contributed by atoms with Gasteiger partial charge < -0.3 is 4.57 Å². The molecule has 1 aliphatic carbocycles. The fourth-order valence-electron chi connectivity index (χ4n) is 3.24. The van der Waals surface area contributed by atoms with Crippen molar-refractivity contribution >= 4 is 11.0 Å². The van der Waals surface area contributed by atoms with Crippen molar-refractivity contribution in [2.24, 2.45) is 5.92 Å². The molecule has 0 N–H and O–H groups in total. The maximum atomic E-state index is 4.70. The summed E-state index contributed by atoms with van der Waals surface area (Å²) in [5.74, 6) is 0.594. The van der Waals surface area contributed by atoms with Crippen LogP contribution in [0.4, 0.5) is 0 Å². The first-order valence-corrected chi connectivity index (χ1v) is 7.51. The molecule has 3 rings (SSSR count). The highest BCUT2D eigenvalue weighted by Crippen LogP contribution is 2.37. The lowest BCUT2D eigenvalue weighted by Gasteiger charge is -2.34. The van der Waals surface area contributed by atoms with Crippen LogP contribution in [0.3, 0.4) is 0 Å². The van der Waals surface area contributed by atoms with Crippen molar-refractivity contribution in [3.63, 3.8) is 0 Å². The summed E-state index contributed by atoms with van der Waals surface area (Å²) >= 11 is 0. The third-order valence-electron chi connectivity index (χ3n) is 5.02. The summed E-state index contributed by atoms with van der Waals surface area (Å²) < 4.78 is 2.53. The lowest BCUT2D eigenvalue weighted by molar-refractivity contribution is 0.249. The smallest absolute Gasteiger partial charge is 0.140 e. The highest BCUT2D eigenvalue weighted by atomic mass is 15.1. The first kappa shape index (κ1) is 12.7. The fraction of sp³-hybridized carbons (Fsp3) is 0.588. The van der Waals surface area contributed by atoms with Gasteiger partial charge in [-0.25, -0.2) is 4.98 Å². The standard InChI is InChI=1S/C17H24N2/c1-12(2)17(3,4)19-15-10-6-5-8-13(15)14-9-7-11-18-16(14)19/h7,9,11-12H,5-6,8,10H2,1-4H3. The van der Waals surface area contributed by atoms with E-state index in [4.69, 9.17) is 4.98 Å². The summed E-state index contributed by atoms with van der Waals surface area (Å²) in [4.78, 5) is 4.70. The Labute approximate surface area is 115 Å². The second kappa shape index (κ2) is 4.36. The van der Waals surface area contributed by atoms with Crippen LogP contribution in [0.15, 0.2) is 18.3 Å². The monoisotopic (exact) mass is 256 g/mol. The molecule has 102 valence electrons. The zero-order chi connectivity index (χ0) is 13.6. The first-order valence-electron chi connectivity index (χ1n) is 7.51. The lowest BCUT2D eigenvalue weighted by Crippen LogP contribution is -2.34. The van der Waals surface area contributed by atoms with Crippen molar-refractivity contribution in [1.29, 1.82) is 0 Å². The minimum Gasteiger partial charge on any atom is -0.324 e. The van der Waals surface area contributed by atoms with E-state index in [0.29, 0.717) is 5.92 Å². The molecule has 0 aromatic carbocycles. The van der Waals surface area contributed by atoms with Gasteiger partial charge in [0.2, 0.25) is 0 Å². The number of aromatic nitrogens is 2. The van der Waals surface area contributed by atoms with Crippen LogP contribution >= 0.6 is 0 Å². The van der Waals surface area contributed by atoms with Gasteiger partial charge in [-0.1, -0.05) is 13.8 Å². The SMILES string of the molecule is CC(C)C(C)(C)n1c2c(c3cccnc31)CCCC2. The molecule has 0 amide bonds. The topological polar surface area (TPSA) is 17.8 Å². The van der Waals surface area contributed by atoms with E-state index in [0.717, 1.165) is 0 Å². The largest absolute Gasteiger partial charge is 0.324 e. The normalized spacial score (nSPS) is 16.1. The van der Waals surface area contributed by atoms with Crippen LogP contribution in [0.1, 0.15) is 51.8 Å². The summed E-state index contributed by atoms with van der Waals surface area (Å²) in [5.41, 5.74) is 4.41. The minimum absolute atomic E-state index is 0.123. The predicted octanol–water partition coefficient (Wildman–Crippen LogP) is 4.31. The molecular weight excluding hydrogens is 232 g/mol. The summed E-state index contributed by atoms with van der Waals surface area (Å²) in [5, 5.41) is 1.38. The van der Waals surface area contributed by atoms with E-state index in [-0.39, 0.29) is 5.54 Å². The molecule has 0 spiro atoms. The van der Waals surface area contributed by atoms with E-state index in [1.165, 1.54) is 36.7 Å². The van der Waals surface area contributed by atoms with E-state index in [1.807, 2.05) is 6.20 Å². The molecular formula is C17H24N2. The molecule has 0 saturated carbocycles. The third kappa shape index (κ3) is 1.80. The number of hydrogen-bond donors (Lipinski definition) is 0. The Morgan fingerprint density at radius 3 is 2.68 bits per heavy atom. The molecule has 2 aromatic heterocycles. The maximum absolute atomic E-state index is 4.70. The highest BCUT2D eigenvalue weighted by Gasteiger charge is 2.31. The van der Waals surface area contributed by atoms with Gasteiger partial charge in [0, 0.05) is 22.8 Å². The molecule has 0 bridgehead atoms. The van der Waals surface area contributed by atoms with Crippen LogP contribution in [0.25, 0.3) is 11.0 Å². The number of aryl methyl sites for hydroxylation is 1. The summed E-state index contributed by atoms with van der Waals surface area (Å²) in [7, 11) is 0. The summed E-state index contributed by atoms with van der Waals surface area (Å²) in [6.07, 6.45) is 7.00. The van der Waals surface area contributed by atoms with Gasteiger partial charge >= 0.3 is 0 Å². The van der Waals surface area contributed by atoms with Crippen molar-refractivity contribution in [1.82, 2.24) is 9.55 Å². The van der Waals surface area contributed by atoms with Gasteiger partial charge in [0.15, 0.2) is 0 Å². The Hall–Kier alpha value is -1.31. The van der Waals surface area contributed by atoms with Gasteiger partial charge in [-0.3, -0.25) is 0 Å². The Balaban J connectivity index is 2.34. The molecule has 0 atom stereocenters. The van der Waals surface area contributed by atoms with Crippen LogP contribution in [-0.4, -0.2) is 9.55 Å². The van der Waals surface area contributed by atoms with Gasteiger partial charge in [-0.2, -0.15) is 0 Å². The second-order valence-electron chi connectivity index (χ2n) is 6.65. The predicted molar refractivity (Wildman–Crippen MR) is 80.5 cm³/mol. The molecule has 0 radical (unpaired) electrons. The zero-order valence-corrected chi connectivity index (χ0v) is 12.5. The van der Waals surface area contributed by atoms with Crippen LogP contribution < -0.4 is 0 Å². The lowest BCUT2D eigenvalue weighted by atomic mass is 9.89. The van der Waals surface area contributed by atoms with Crippen LogP contribution in [0, 0.1) is 5.92 Å². The van der Waals surface area contributed by atoms with Gasteiger partial charge in [0.25, 0.3) is 0 Å². The van der Waals surface area contributed by atoms with Gasteiger partial charge in [-0.15, -0.1) is 0 Å². The molecule has 2 nitrogen and oxygen atoms in total. The van der Waals surface area contributed by atoms with E-state index in [1.54, 1.807) is 11.3 Å². The Kier molecular flexibility index (Phi) is 2.92. The van der Waals surface area contributed by atoms with E-state index in [9.17, 15) is 0 Å². The van der Waals surface area contributed by atoms with Gasteiger partial charge in [0.1, 0.15) is 5.65 Å². The van der Waals surface area contributed by atoms with Crippen LogP contribution in [0.2, 0.25) is 0 Å². The third-order valence-corrected chi connectivity index (χ3v) is 5.02. The van der Waals surface area contributed by atoms with E-state index in [2.05, 4.69) is 44.4 Å². The first-order chi connectivity index (χ1) is 9.03. The molecule has 0 unspecified atom stereocenters. The molecule has 0 fully saturated rings. The Morgan fingerprint density at radius 2 is 1.95 bits per heavy atom. The molecule has 2 heterocycles. The minimum atomic E-state index is 0.123. The average molecular weight is 256 g/mol. The number of fused-ring (bicyclic) bond motifs is 3. The molecule has 2 heteroatoms.